The van der Waals surface area contributed by atoms with E-state index in [1.807, 2.05) is 17.1 Å². The van der Waals surface area contributed by atoms with Crippen molar-refractivity contribution in [2.24, 2.45) is 0 Å². The van der Waals surface area contributed by atoms with Crippen LogP contribution in [0.15, 0.2) is 67.3 Å². The summed E-state index contributed by atoms with van der Waals surface area (Å²) in [5.74, 6) is 0. The molecule has 1 heterocycles. The van der Waals surface area contributed by atoms with E-state index >= 15 is 0 Å². The highest BCUT2D eigenvalue weighted by Crippen LogP contribution is 2.17. The molecule has 0 atom stereocenters. The first-order chi connectivity index (χ1) is 11.8. The maximum atomic E-state index is 4.07. The first kappa shape index (κ1) is 16.1. The summed E-state index contributed by atoms with van der Waals surface area (Å²) < 4.78 is 2.00. The van der Waals surface area contributed by atoms with Gasteiger partial charge in [-0.05, 0) is 49.2 Å². The third kappa shape index (κ3) is 3.74. The van der Waals surface area contributed by atoms with E-state index in [0.717, 1.165) is 18.8 Å². The van der Waals surface area contributed by atoms with Crippen molar-refractivity contribution in [3.05, 3.63) is 78.4 Å². The summed E-state index contributed by atoms with van der Waals surface area (Å²) in [6, 6.07) is 17.2. The zero-order chi connectivity index (χ0) is 16.8. The van der Waals surface area contributed by atoms with Gasteiger partial charge in [0.1, 0.15) is 0 Å². The molecular weight excluding hydrogens is 294 g/mol. The SMILES string of the molecule is CCN(CC)c1ccc(/C=C/c2ccc(-n3ccnc3)cc2)cc1. The molecule has 0 bridgehead atoms. The van der Waals surface area contributed by atoms with Crippen LogP contribution in [0, 0.1) is 0 Å². The molecule has 0 aliphatic rings. The first-order valence-corrected chi connectivity index (χ1v) is 8.41. The number of hydrogen-bond donors (Lipinski definition) is 0. The number of aromatic nitrogens is 2. The fourth-order valence-corrected chi connectivity index (χ4v) is 2.75. The van der Waals surface area contributed by atoms with Gasteiger partial charge in [-0.15, -0.1) is 0 Å². The average Bonchev–Trinajstić information content (AvgIpc) is 3.17. The molecule has 0 amide bonds. The van der Waals surface area contributed by atoms with Crippen LogP contribution in [0.2, 0.25) is 0 Å². The van der Waals surface area contributed by atoms with Crippen molar-refractivity contribution >= 4 is 17.8 Å². The number of imidazole rings is 1. The van der Waals surface area contributed by atoms with Crippen LogP contribution in [0.5, 0.6) is 0 Å². The minimum Gasteiger partial charge on any atom is -0.372 e. The van der Waals surface area contributed by atoms with Crippen molar-refractivity contribution in [2.45, 2.75) is 13.8 Å². The van der Waals surface area contributed by atoms with Crippen molar-refractivity contribution in [1.82, 2.24) is 9.55 Å². The number of benzene rings is 2. The van der Waals surface area contributed by atoms with Crippen molar-refractivity contribution in [3.63, 3.8) is 0 Å². The molecule has 0 saturated heterocycles. The molecule has 1 aromatic heterocycles. The Morgan fingerprint density at radius 1 is 0.875 bits per heavy atom. The van der Waals surface area contributed by atoms with Crippen LogP contribution >= 0.6 is 0 Å². The third-order valence-electron chi connectivity index (χ3n) is 4.19. The van der Waals surface area contributed by atoms with Gasteiger partial charge in [-0.1, -0.05) is 36.4 Å². The maximum Gasteiger partial charge on any atom is 0.0991 e. The molecule has 3 nitrogen and oxygen atoms in total. The van der Waals surface area contributed by atoms with Crippen molar-refractivity contribution in [2.75, 3.05) is 18.0 Å². The van der Waals surface area contributed by atoms with E-state index < -0.39 is 0 Å². The normalized spacial score (nSPS) is 11.1. The Hall–Kier alpha value is -2.81. The molecule has 0 fully saturated rings. The summed E-state index contributed by atoms with van der Waals surface area (Å²) in [6.45, 7) is 6.44. The molecule has 0 aliphatic heterocycles. The monoisotopic (exact) mass is 317 g/mol. The van der Waals surface area contributed by atoms with E-state index in [-0.39, 0.29) is 0 Å². The van der Waals surface area contributed by atoms with Gasteiger partial charge >= 0.3 is 0 Å². The summed E-state index contributed by atoms with van der Waals surface area (Å²) in [5.41, 5.74) is 4.80. The van der Waals surface area contributed by atoms with Crippen molar-refractivity contribution < 1.29 is 0 Å². The van der Waals surface area contributed by atoms with E-state index in [1.165, 1.54) is 16.8 Å². The summed E-state index contributed by atoms with van der Waals surface area (Å²) in [7, 11) is 0. The van der Waals surface area contributed by atoms with Gasteiger partial charge in [0, 0.05) is 36.9 Å². The van der Waals surface area contributed by atoms with E-state index in [0.29, 0.717) is 0 Å². The zero-order valence-corrected chi connectivity index (χ0v) is 14.3. The lowest BCUT2D eigenvalue weighted by atomic mass is 10.1. The van der Waals surface area contributed by atoms with Gasteiger partial charge in [0.05, 0.1) is 6.33 Å². The van der Waals surface area contributed by atoms with Crippen LogP contribution in [0.25, 0.3) is 17.8 Å². The fraction of sp³-hybridized carbons (Fsp3) is 0.190. The second-order valence-electron chi connectivity index (χ2n) is 5.66. The highest BCUT2D eigenvalue weighted by molar-refractivity contribution is 5.71. The van der Waals surface area contributed by atoms with E-state index in [2.05, 4.69) is 84.4 Å². The Morgan fingerprint density at radius 3 is 1.96 bits per heavy atom. The molecule has 0 N–H and O–H groups in total. The van der Waals surface area contributed by atoms with E-state index in [9.17, 15) is 0 Å². The number of hydrogen-bond acceptors (Lipinski definition) is 2. The highest BCUT2D eigenvalue weighted by atomic mass is 15.1. The van der Waals surface area contributed by atoms with Crippen LogP contribution < -0.4 is 4.90 Å². The summed E-state index contributed by atoms with van der Waals surface area (Å²) in [5, 5.41) is 0. The predicted molar refractivity (Wildman–Crippen MR) is 102 cm³/mol. The molecule has 0 aliphatic carbocycles. The second kappa shape index (κ2) is 7.64. The quantitative estimate of drug-likeness (QED) is 0.604. The van der Waals surface area contributed by atoms with Gasteiger partial charge in [-0.2, -0.15) is 0 Å². The lowest BCUT2D eigenvalue weighted by Gasteiger charge is -2.20. The maximum absolute atomic E-state index is 4.07. The summed E-state index contributed by atoms with van der Waals surface area (Å²) >= 11 is 0. The van der Waals surface area contributed by atoms with Crippen molar-refractivity contribution in [3.8, 4) is 5.69 Å². The van der Waals surface area contributed by atoms with Crippen molar-refractivity contribution in [1.29, 1.82) is 0 Å². The smallest absolute Gasteiger partial charge is 0.0991 e. The predicted octanol–water partition coefficient (Wildman–Crippen LogP) is 4.89. The number of nitrogens with zero attached hydrogens (tertiary/aromatic N) is 3. The van der Waals surface area contributed by atoms with Crippen LogP contribution in [0.3, 0.4) is 0 Å². The topological polar surface area (TPSA) is 21.1 Å². The highest BCUT2D eigenvalue weighted by Gasteiger charge is 2.00. The van der Waals surface area contributed by atoms with Gasteiger partial charge in [0.15, 0.2) is 0 Å². The van der Waals surface area contributed by atoms with Gasteiger partial charge in [-0.25, -0.2) is 4.98 Å². The number of anilines is 1. The van der Waals surface area contributed by atoms with Gasteiger partial charge < -0.3 is 9.47 Å². The minimum atomic E-state index is 1.04. The molecule has 0 unspecified atom stereocenters. The van der Waals surface area contributed by atoms with Crippen LogP contribution in [0.1, 0.15) is 25.0 Å². The minimum absolute atomic E-state index is 1.04. The van der Waals surface area contributed by atoms with Gasteiger partial charge in [0.2, 0.25) is 0 Å². The Kier molecular flexibility index (Phi) is 5.12. The molecule has 0 saturated carbocycles. The molecular formula is C21H23N3. The third-order valence-corrected chi connectivity index (χ3v) is 4.19. The lowest BCUT2D eigenvalue weighted by Crippen LogP contribution is -2.21. The summed E-state index contributed by atoms with van der Waals surface area (Å²) in [6.07, 6.45) is 9.84. The molecule has 0 radical (unpaired) electrons. The standard InChI is InChI=1S/C21H23N3/c1-3-23(4-2)20-11-7-18(8-12-20)5-6-19-9-13-21(14-10-19)24-16-15-22-17-24/h5-17H,3-4H2,1-2H3/b6-5+. The van der Waals surface area contributed by atoms with Gasteiger partial charge in [0.25, 0.3) is 0 Å². The molecule has 0 spiro atoms. The van der Waals surface area contributed by atoms with Crippen LogP contribution in [-0.2, 0) is 0 Å². The molecule has 122 valence electrons. The lowest BCUT2D eigenvalue weighted by molar-refractivity contribution is 0.866. The Balaban J connectivity index is 1.69. The molecule has 3 heteroatoms. The van der Waals surface area contributed by atoms with E-state index in [4.69, 9.17) is 0 Å². The van der Waals surface area contributed by atoms with E-state index in [1.54, 1.807) is 6.20 Å². The molecule has 2 aromatic carbocycles. The molecule has 24 heavy (non-hydrogen) atoms. The number of rotatable bonds is 6. The average molecular weight is 317 g/mol. The van der Waals surface area contributed by atoms with Gasteiger partial charge in [-0.3, -0.25) is 0 Å². The Labute approximate surface area is 143 Å². The summed E-state index contributed by atoms with van der Waals surface area (Å²) in [4.78, 5) is 6.42. The molecule has 3 rings (SSSR count). The Morgan fingerprint density at radius 2 is 1.46 bits per heavy atom. The Bertz CT molecular complexity index is 765. The van der Waals surface area contributed by atoms with Crippen LogP contribution in [0.4, 0.5) is 5.69 Å². The molecule has 3 aromatic rings. The fourth-order valence-electron chi connectivity index (χ4n) is 2.75. The second-order valence-corrected chi connectivity index (χ2v) is 5.66. The van der Waals surface area contributed by atoms with Crippen LogP contribution in [-0.4, -0.2) is 22.6 Å². The first-order valence-electron chi connectivity index (χ1n) is 8.41. The zero-order valence-electron chi connectivity index (χ0n) is 14.3. The largest absolute Gasteiger partial charge is 0.372 e.